The molecule has 0 radical (unpaired) electrons. The van der Waals surface area contributed by atoms with Crippen LogP contribution in [0.3, 0.4) is 0 Å². The highest BCUT2D eigenvalue weighted by atomic mass is 79.9. The van der Waals surface area contributed by atoms with Crippen LogP contribution in [-0.4, -0.2) is 14.8 Å². The normalized spacial score (nSPS) is 10.9. The summed E-state index contributed by atoms with van der Waals surface area (Å²) >= 11 is 11.1. The van der Waals surface area contributed by atoms with Crippen LogP contribution in [0.25, 0.3) is 11.4 Å². The second kappa shape index (κ2) is 7.51. The Morgan fingerprint density at radius 2 is 1.74 bits per heavy atom. The number of hydrogen-bond acceptors (Lipinski definition) is 3. The second-order valence-electron chi connectivity index (χ2n) is 4.97. The van der Waals surface area contributed by atoms with Gasteiger partial charge in [0, 0.05) is 27.4 Å². The summed E-state index contributed by atoms with van der Waals surface area (Å²) in [6.45, 7) is 2.94. The number of rotatable bonds is 5. The molecule has 3 aromatic rings. The van der Waals surface area contributed by atoms with Gasteiger partial charge in [0.05, 0.1) is 0 Å². The maximum atomic E-state index is 5.92. The molecule has 3 rings (SSSR count). The lowest BCUT2D eigenvalue weighted by atomic mass is 10.2. The van der Waals surface area contributed by atoms with E-state index in [1.54, 1.807) is 11.8 Å². The first-order valence-corrected chi connectivity index (χ1v) is 9.39. The predicted molar refractivity (Wildman–Crippen MR) is 99.8 cm³/mol. The Kier molecular flexibility index (Phi) is 5.41. The Balaban J connectivity index is 1.80. The van der Waals surface area contributed by atoms with Crippen molar-refractivity contribution in [2.24, 2.45) is 0 Å². The molecule has 0 fully saturated rings. The van der Waals surface area contributed by atoms with Crippen molar-refractivity contribution in [1.82, 2.24) is 14.8 Å². The number of halogens is 2. The molecule has 0 aliphatic rings. The molecule has 118 valence electrons. The van der Waals surface area contributed by atoms with Crippen LogP contribution in [0, 0.1) is 0 Å². The third-order valence-electron chi connectivity index (χ3n) is 3.42. The van der Waals surface area contributed by atoms with E-state index in [2.05, 4.69) is 37.6 Å². The SMILES string of the molecule is CCn1c(SCc2ccc(Cl)cc2)nnc1-c1ccc(Br)cc1. The average Bonchev–Trinajstić information content (AvgIpc) is 2.98. The van der Waals surface area contributed by atoms with E-state index in [1.807, 2.05) is 48.5 Å². The number of nitrogens with zero attached hydrogens (tertiary/aromatic N) is 3. The van der Waals surface area contributed by atoms with Crippen molar-refractivity contribution < 1.29 is 0 Å². The van der Waals surface area contributed by atoms with Gasteiger partial charge in [-0.3, -0.25) is 0 Å². The van der Waals surface area contributed by atoms with E-state index in [0.717, 1.165) is 38.3 Å². The Hall–Kier alpha value is -1.30. The maximum absolute atomic E-state index is 5.92. The van der Waals surface area contributed by atoms with Gasteiger partial charge in [-0.05, 0) is 36.8 Å². The van der Waals surface area contributed by atoms with Crippen molar-refractivity contribution in [2.45, 2.75) is 24.4 Å². The van der Waals surface area contributed by atoms with E-state index < -0.39 is 0 Å². The zero-order chi connectivity index (χ0) is 16.2. The Morgan fingerprint density at radius 3 is 2.39 bits per heavy atom. The third kappa shape index (κ3) is 3.97. The quantitative estimate of drug-likeness (QED) is 0.509. The topological polar surface area (TPSA) is 30.7 Å². The average molecular weight is 409 g/mol. The Bertz CT molecular complexity index is 785. The molecule has 0 amide bonds. The van der Waals surface area contributed by atoms with E-state index in [9.17, 15) is 0 Å². The van der Waals surface area contributed by atoms with E-state index in [-0.39, 0.29) is 0 Å². The van der Waals surface area contributed by atoms with Crippen molar-refractivity contribution in [3.05, 3.63) is 63.6 Å². The number of benzene rings is 2. The predicted octanol–water partition coefficient (Wildman–Crippen LogP) is 5.67. The minimum absolute atomic E-state index is 0.757. The molecule has 23 heavy (non-hydrogen) atoms. The molecule has 0 spiro atoms. The molecule has 6 heteroatoms. The second-order valence-corrected chi connectivity index (χ2v) is 7.27. The Labute approximate surface area is 153 Å². The van der Waals surface area contributed by atoms with Gasteiger partial charge in [0.2, 0.25) is 0 Å². The zero-order valence-electron chi connectivity index (χ0n) is 12.5. The summed E-state index contributed by atoms with van der Waals surface area (Å²) in [4.78, 5) is 0. The zero-order valence-corrected chi connectivity index (χ0v) is 15.7. The highest BCUT2D eigenvalue weighted by Gasteiger charge is 2.13. The van der Waals surface area contributed by atoms with Crippen LogP contribution in [0.1, 0.15) is 12.5 Å². The van der Waals surface area contributed by atoms with Crippen LogP contribution in [0.5, 0.6) is 0 Å². The molecular weight excluding hydrogens is 394 g/mol. The van der Waals surface area contributed by atoms with Crippen LogP contribution < -0.4 is 0 Å². The highest BCUT2D eigenvalue weighted by Crippen LogP contribution is 2.27. The molecule has 0 saturated carbocycles. The van der Waals surface area contributed by atoms with Crippen molar-refractivity contribution in [3.63, 3.8) is 0 Å². The number of hydrogen-bond donors (Lipinski definition) is 0. The number of thioether (sulfide) groups is 1. The summed E-state index contributed by atoms with van der Waals surface area (Å²) in [7, 11) is 0. The van der Waals surface area contributed by atoms with Gasteiger partial charge in [0.25, 0.3) is 0 Å². The lowest BCUT2D eigenvalue weighted by Crippen LogP contribution is -1.99. The molecule has 0 bridgehead atoms. The summed E-state index contributed by atoms with van der Waals surface area (Å²) in [5, 5.41) is 10.4. The monoisotopic (exact) mass is 407 g/mol. The molecule has 1 aromatic heterocycles. The van der Waals surface area contributed by atoms with E-state index in [0.29, 0.717) is 0 Å². The van der Waals surface area contributed by atoms with Gasteiger partial charge in [-0.15, -0.1) is 10.2 Å². The van der Waals surface area contributed by atoms with Crippen LogP contribution in [0.2, 0.25) is 5.02 Å². The van der Waals surface area contributed by atoms with E-state index in [4.69, 9.17) is 11.6 Å². The summed E-state index contributed by atoms with van der Waals surface area (Å²) in [5.74, 6) is 1.74. The summed E-state index contributed by atoms with van der Waals surface area (Å²) in [6.07, 6.45) is 0. The molecule has 0 aliphatic heterocycles. The smallest absolute Gasteiger partial charge is 0.191 e. The van der Waals surface area contributed by atoms with Crippen LogP contribution in [-0.2, 0) is 12.3 Å². The number of aromatic nitrogens is 3. The minimum Gasteiger partial charge on any atom is -0.302 e. The van der Waals surface area contributed by atoms with Crippen molar-refractivity contribution in [1.29, 1.82) is 0 Å². The van der Waals surface area contributed by atoms with Crippen LogP contribution in [0.15, 0.2) is 58.2 Å². The molecule has 0 N–H and O–H groups in total. The lowest BCUT2D eigenvalue weighted by Gasteiger charge is -2.07. The summed E-state index contributed by atoms with van der Waals surface area (Å²) < 4.78 is 3.20. The molecule has 2 aromatic carbocycles. The van der Waals surface area contributed by atoms with Gasteiger partial charge in [0.15, 0.2) is 11.0 Å². The molecular formula is C17H15BrClN3S. The fourth-order valence-corrected chi connectivity index (χ4v) is 3.57. The van der Waals surface area contributed by atoms with Gasteiger partial charge in [-0.25, -0.2) is 0 Å². The van der Waals surface area contributed by atoms with E-state index >= 15 is 0 Å². The van der Waals surface area contributed by atoms with Crippen molar-refractivity contribution in [3.8, 4) is 11.4 Å². The van der Waals surface area contributed by atoms with Crippen LogP contribution in [0.4, 0.5) is 0 Å². The van der Waals surface area contributed by atoms with Crippen LogP contribution >= 0.6 is 39.3 Å². The largest absolute Gasteiger partial charge is 0.302 e. The lowest BCUT2D eigenvalue weighted by molar-refractivity contribution is 0.687. The summed E-state index contributed by atoms with van der Waals surface area (Å²) in [5.41, 5.74) is 2.29. The first kappa shape index (κ1) is 16.6. The highest BCUT2D eigenvalue weighted by molar-refractivity contribution is 9.10. The van der Waals surface area contributed by atoms with Crippen molar-refractivity contribution in [2.75, 3.05) is 0 Å². The summed E-state index contributed by atoms with van der Waals surface area (Å²) in [6, 6.07) is 16.0. The van der Waals surface area contributed by atoms with Gasteiger partial charge >= 0.3 is 0 Å². The van der Waals surface area contributed by atoms with E-state index in [1.165, 1.54) is 5.56 Å². The third-order valence-corrected chi connectivity index (χ3v) is 5.24. The van der Waals surface area contributed by atoms with Gasteiger partial charge in [-0.2, -0.15) is 0 Å². The molecule has 0 unspecified atom stereocenters. The molecule has 0 aliphatic carbocycles. The molecule has 3 nitrogen and oxygen atoms in total. The molecule has 1 heterocycles. The van der Waals surface area contributed by atoms with Gasteiger partial charge in [-0.1, -0.05) is 63.6 Å². The molecule has 0 atom stereocenters. The Morgan fingerprint density at radius 1 is 1.04 bits per heavy atom. The van der Waals surface area contributed by atoms with Gasteiger partial charge in [0.1, 0.15) is 0 Å². The first-order chi connectivity index (χ1) is 11.2. The first-order valence-electron chi connectivity index (χ1n) is 7.23. The molecule has 0 saturated heterocycles. The fourth-order valence-electron chi connectivity index (χ4n) is 2.22. The standard InChI is InChI=1S/C17H15BrClN3S/c1-2-22-16(13-5-7-14(18)8-6-13)20-21-17(22)23-11-12-3-9-15(19)10-4-12/h3-10H,2,11H2,1H3. The maximum Gasteiger partial charge on any atom is 0.191 e. The van der Waals surface area contributed by atoms with Crippen molar-refractivity contribution >= 4 is 39.3 Å². The minimum atomic E-state index is 0.757. The fraction of sp³-hybridized carbons (Fsp3) is 0.176. The van der Waals surface area contributed by atoms with Gasteiger partial charge < -0.3 is 4.57 Å².